The molecule has 1 N–H and O–H groups in total. The maximum atomic E-state index is 4.89. The van der Waals surface area contributed by atoms with E-state index in [1.165, 1.54) is 11.1 Å². The van der Waals surface area contributed by atoms with Gasteiger partial charge in [0.2, 0.25) is 0 Å². The standard InChI is InChI=1S/C22H34N6.HI/c1-4-23-22(28-14-11-20(18-28)21-15-25-27(3)17-21)24-12-8-13-26(2)16-19-9-6-5-7-10-19;/h5-7,9-10,15,17,20H,4,8,11-14,16,18H2,1-3H3,(H,23,24);1H. The molecule has 0 aliphatic carbocycles. The molecule has 0 amide bonds. The minimum atomic E-state index is 0. The molecule has 1 aromatic heterocycles. The van der Waals surface area contributed by atoms with E-state index in [2.05, 4.69) is 70.7 Å². The molecule has 0 radical (unpaired) electrons. The van der Waals surface area contributed by atoms with Gasteiger partial charge < -0.3 is 15.1 Å². The summed E-state index contributed by atoms with van der Waals surface area (Å²) in [5.41, 5.74) is 2.70. The van der Waals surface area contributed by atoms with Gasteiger partial charge in [0.25, 0.3) is 0 Å². The smallest absolute Gasteiger partial charge is 0.193 e. The third-order valence-corrected chi connectivity index (χ3v) is 5.27. The summed E-state index contributed by atoms with van der Waals surface area (Å²) in [5, 5.41) is 7.79. The molecule has 2 aromatic rings. The van der Waals surface area contributed by atoms with E-state index in [1.807, 2.05) is 17.9 Å². The van der Waals surface area contributed by atoms with Gasteiger partial charge in [0.1, 0.15) is 0 Å². The van der Waals surface area contributed by atoms with Crippen LogP contribution in [0.15, 0.2) is 47.7 Å². The molecule has 2 heterocycles. The molecule has 29 heavy (non-hydrogen) atoms. The molecular formula is C22H35IN6. The van der Waals surface area contributed by atoms with Gasteiger partial charge in [-0.05, 0) is 44.5 Å². The van der Waals surface area contributed by atoms with Crippen molar-refractivity contribution >= 4 is 29.9 Å². The Morgan fingerprint density at radius 2 is 2.10 bits per heavy atom. The fourth-order valence-corrected chi connectivity index (χ4v) is 3.80. The molecule has 0 bridgehead atoms. The van der Waals surface area contributed by atoms with Crippen molar-refractivity contribution in [1.82, 2.24) is 24.9 Å². The first kappa shape index (κ1) is 23.7. The van der Waals surface area contributed by atoms with Crippen LogP contribution < -0.4 is 5.32 Å². The zero-order chi connectivity index (χ0) is 19.8. The first-order chi connectivity index (χ1) is 13.7. The van der Waals surface area contributed by atoms with E-state index >= 15 is 0 Å². The number of benzene rings is 1. The molecule has 6 nitrogen and oxygen atoms in total. The fraction of sp³-hybridized carbons (Fsp3) is 0.545. The highest BCUT2D eigenvalue weighted by Crippen LogP contribution is 2.26. The first-order valence-corrected chi connectivity index (χ1v) is 10.4. The number of hydrogen-bond acceptors (Lipinski definition) is 3. The normalized spacial score (nSPS) is 16.9. The Labute approximate surface area is 192 Å². The van der Waals surface area contributed by atoms with Crippen molar-refractivity contribution in [3.05, 3.63) is 53.9 Å². The summed E-state index contributed by atoms with van der Waals surface area (Å²) in [6.07, 6.45) is 6.37. The SMILES string of the molecule is CCNC(=NCCCN(C)Cc1ccccc1)N1CCC(c2cnn(C)c2)C1.I. The van der Waals surface area contributed by atoms with Gasteiger partial charge in [-0.1, -0.05) is 30.3 Å². The lowest BCUT2D eigenvalue weighted by molar-refractivity contribution is 0.324. The Hall–Kier alpha value is -1.61. The van der Waals surface area contributed by atoms with Crippen LogP contribution in [0.4, 0.5) is 0 Å². The molecule has 0 saturated carbocycles. The monoisotopic (exact) mass is 510 g/mol. The fourth-order valence-electron chi connectivity index (χ4n) is 3.80. The van der Waals surface area contributed by atoms with Gasteiger partial charge in [-0.25, -0.2) is 0 Å². The van der Waals surface area contributed by atoms with Crippen LogP contribution in [0.5, 0.6) is 0 Å². The van der Waals surface area contributed by atoms with Crippen LogP contribution in [0.25, 0.3) is 0 Å². The highest BCUT2D eigenvalue weighted by molar-refractivity contribution is 14.0. The van der Waals surface area contributed by atoms with Crippen molar-refractivity contribution in [3.63, 3.8) is 0 Å². The molecule has 7 heteroatoms. The molecule has 1 aliphatic heterocycles. The number of aliphatic imine (C=N–C) groups is 1. The highest BCUT2D eigenvalue weighted by Gasteiger charge is 2.26. The number of aromatic nitrogens is 2. The van der Waals surface area contributed by atoms with Gasteiger partial charge >= 0.3 is 0 Å². The van der Waals surface area contributed by atoms with E-state index in [4.69, 9.17) is 4.99 Å². The molecule has 1 atom stereocenters. The number of guanidine groups is 1. The van der Waals surface area contributed by atoms with Crippen LogP contribution >= 0.6 is 24.0 Å². The Morgan fingerprint density at radius 1 is 1.31 bits per heavy atom. The van der Waals surface area contributed by atoms with Gasteiger partial charge in [-0.15, -0.1) is 24.0 Å². The Morgan fingerprint density at radius 3 is 2.79 bits per heavy atom. The minimum absolute atomic E-state index is 0. The molecule has 1 saturated heterocycles. The molecule has 3 rings (SSSR count). The average Bonchev–Trinajstić information content (AvgIpc) is 3.34. The van der Waals surface area contributed by atoms with Crippen LogP contribution in [-0.2, 0) is 13.6 Å². The molecule has 1 aliphatic rings. The van der Waals surface area contributed by atoms with E-state index in [0.29, 0.717) is 5.92 Å². The topological polar surface area (TPSA) is 48.7 Å². The lowest BCUT2D eigenvalue weighted by Gasteiger charge is -2.22. The summed E-state index contributed by atoms with van der Waals surface area (Å²) >= 11 is 0. The van der Waals surface area contributed by atoms with Gasteiger partial charge in [0, 0.05) is 51.9 Å². The average molecular weight is 510 g/mol. The van der Waals surface area contributed by atoms with Crippen molar-refractivity contribution in [1.29, 1.82) is 0 Å². The molecule has 1 aromatic carbocycles. The quantitative estimate of drug-likeness (QED) is 0.256. The van der Waals surface area contributed by atoms with Crippen LogP contribution in [0, 0.1) is 0 Å². The van der Waals surface area contributed by atoms with E-state index in [-0.39, 0.29) is 24.0 Å². The maximum Gasteiger partial charge on any atom is 0.193 e. The number of likely N-dealkylation sites (tertiary alicyclic amines) is 1. The van der Waals surface area contributed by atoms with Crippen molar-refractivity contribution in [3.8, 4) is 0 Å². The van der Waals surface area contributed by atoms with Gasteiger partial charge in [0.05, 0.1) is 6.20 Å². The van der Waals surface area contributed by atoms with Gasteiger partial charge in [-0.2, -0.15) is 5.10 Å². The third-order valence-electron chi connectivity index (χ3n) is 5.27. The summed E-state index contributed by atoms with van der Waals surface area (Å²) in [6, 6.07) is 10.6. The van der Waals surface area contributed by atoms with E-state index in [9.17, 15) is 0 Å². The number of nitrogens with one attached hydrogen (secondary N) is 1. The van der Waals surface area contributed by atoms with Gasteiger partial charge in [-0.3, -0.25) is 9.67 Å². The summed E-state index contributed by atoms with van der Waals surface area (Å²) in [6.45, 7) is 8.01. The van der Waals surface area contributed by atoms with Crippen LogP contribution in [0.2, 0.25) is 0 Å². The molecule has 160 valence electrons. The predicted octanol–water partition coefficient (Wildman–Crippen LogP) is 3.32. The number of halogens is 1. The van der Waals surface area contributed by atoms with Crippen molar-refractivity contribution in [2.45, 2.75) is 32.2 Å². The minimum Gasteiger partial charge on any atom is -0.357 e. The van der Waals surface area contributed by atoms with Crippen molar-refractivity contribution < 1.29 is 0 Å². The number of hydrogen-bond donors (Lipinski definition) is 1. The predicted molar refractivity (Wildman–Crippen MR) is 131 cm³/mol. The summed E-state index contributed by atoms with van der Waals surface area (Å²) in [5.74, 6) is 1.61. The van der Waals surface area contributed by atoms with Crippen LogP contribution in [0.1, 0.15) is 36.8 Å². The second-order valence-electron chi connectivity index (χ2n) is 7.69. The van der Waals surface area contributed by atoms with E-state index < -0.39 is 0 Å². The van der Waals surface area contributed by atoms with E-state index in [0.717, 1.165) is 58.1 Å². The Bertz CT molecular complexity index is 745. The number of rotatable bonds is 8. The lowest BCUT2D eigenvalue weighted by atomic mass is 10.0. The third kappa shape index (κ3) is 7.29. The molecule has 0 spiro atoms. The lowest BCUT2D eigenvalue weighted by Crippen LogP contribution is -2.40. The van der Waals surface area contributed by atoms with Crippen LogP contribution in [-0.4, -0.2) is 65.3 Å². The second-order valence-corrected chi connectivity index (χ2v) is 7.69. The van der Waals surface area contributed by atoms with Crippen molar-refractivity contribution in [2.75, 3.05) is 39.8 Å². The molecule has 1 unspecified atom stereocenters. The Kier molecular flexibility index (Phi) is 9.93. The first-order valence-electron chi connectivity index (χ1n) is 10.4. The maximum absolute atomic E-state index is 4.89. The summed E-state index contributed by atoms with van der Waals surface area (Å²) < 4.78 is 1.89. The number of nitrogens with zero attached hydrogens (tertiary/aromatic N) is 5. The number of aryl methyl sites for hydroxylation is 1. The van der Waals surface area contributed by atoms with Crippen LogP contribution in [0.3, 0.4) is 0 Å². The van der Waals surface area contributed by atoms with E-state index in [1.54, 1.807) is 0 Å². The zero-order valence-electron chi connectivity index (χ0n) is 17.9. The van der Waals surface area contributed by atoms with Crippen molar-refractivity contribution in [2.24, 2.45) is 12.0 Å². The summed E-state index contributed by atoms with van der Waals surface area (Å²) in [7, 11) is 4.16. The highest BCUT2D eigenvalue weighted by atomic mass is 127. The largest absolute Gasteiger partial charge is 0.357 e. The second kappa shape index (κ2) is 12.2. The summed E-state index contributed by atoms with van der Waals surface area (Å²) in [4.78, 5) is 9.66. The zero-order valence-corrected chi connectivity index (χ0v) is 20.3. The molecular weight excluding hydrogens is 475 g/mol. The Balaban J connectivity index is 0.00000300. The molecule has 1 fully saturated rings. The van der Waals surface area contributed by atoms with Gasteiger partial charge in [0.15, 0.2) is 5.96 Å².